The van der Waals surface area contributed by atoms with Crippen molar-refractivity contribution in [2.24, 2.45) is 7.05 Å². The zero-order valence-corrected chi connectivity index (χ0v) is 10.4. The van der Waals surface area contributed by atoms with Crippen molar-refractivity contribution in [3.63, 3.8) is 0 Å². The van der Waals surface area contributed by atoms with Crippen LogP contribution in [0.2, 0.25) is 0 Å². The molecule has 0 saturated heterocycles. The predicted molar refractivity (Wildman–Crippen MR) is 61.2 cm³/mol. The Kier molecular flexibility index (Phi) is 3.52. The van der Waals surface area contributed by atoms with Crippen LogP contribution in [0.1, 0.15) is 21.9 Å². The lowest BCUT2D eigenvalue weighted by Crippen LogP contribution is -2.41. The minimum atomic E-state index is -5.07. The predicted octanol–water partition coefficient (Wildman–Crippen LogP) is 2.15. The second-order valence-corrected chi connectivity index (χ2v) is 4.20. The number of Topliss-reactive ketones (excluding diaryl/α,β-unsaturated/α-hetero) is 1. The molecule has 4 nitrogen and oxygen atoms in total. The van der Waals surface area contributed by atoms with Crippen LogP contribution < -0.4 is 4.57 Å². The van der Waals surface area contributed by atoms with E-state index in [1.165, 1.54) is 7.05 Å². The van der Waals surface area contributed by atoms with Gasteiger partial charge < -0.3 is 9.52 Å². The normalized spacial score (nSPS) is 11.6. The summed E-state index contributed by atoms with van der Waals surface area (Å²) in [6, 6.07) is 8.83. The van der Waals surface area contributed by atoms with Crippen LogP contribution in [0.15, 0.2) is 34.7 Å². The highest BCUT2D eigenvalue weighted by Crippen LogP contribution is 2.26. The second-order valence-electron chi connectivity index (χ2n) is 4.20. The van der Waals surface area contributed by atoms with E-state index in [4.69, 9.17) is 4.42 Å². The maximum absolute atomic E-state index is 12.4. The van der Waals surface area contributed by atoms with E-state index in [1.807, 2.05) is 0 Å². The van der Waals surface area contributed by atoms with Crippen molar-refractivity contribution in [1.29, 1.82) is 0 Å². The molecule has 106 valence electrons. The van der Waals surface area contributed by atoms with Crippen molar-refractivity contribution in [2.75, 3.05) is 0 Å². The molecule has 0 aliphatic heterocycles. The van der Waals surface area contributed by atoms with Gasteiger partial charge in [0.1, 0.15) is 7.05 Å². The molecule has 0 fully saturated rings. The Balaban J connectivity index is 2.37. The maximum Gasteiger partial charge on any atom is 0.461 e. The standard InChI is InChI=1S/C13H10F3NO3/c1-17-9(7-8-5-3-2-4-6-8)20-12(19)10(17)11(18)13(14,15)16/h2-6H,7H2,1H3/p+1. The second kappa shape index (κ2) is 4.99. The number of alkyl halides is 3. The van der Waals surface area contributed by atoms with Crippen LogP contribution >= 0.6 is 0 Å². The lowest BCUT2D eigenvalue weighted by molar-refractivity contribution is -0.684. The number of ketones is 1. The summed E-state index contributed by atoms with van der Waals surface area (Å²) in [4.78, 5) is 11.2. The van der Waals surface area contributed by atoms with Crippen molar-refractivity contribution < 1.29 is 32.1 Å². The van der Waals surface area contributed by atoms with Gasteiger partial charge >= 0.3 is 29.5 Å². The fraction of sp³-hybridized carbons (Fsp3) is 0.231. The third-order valence-corrected chi connectivity index (χ3v) is 2.80. The molecule has 0 saturated carbocycles. The maximum atomic E-state index is 12.4. The summed E-state index contributed by atoms with van der Waals surface area (Å²) in [5.74, 6) is -3.11. The van der Waals surface area contributed by atoms with Crippen molar-refractivity contribution in [2.45, 2.75) is 12.6 Å². The number of hydrogen-bond acceptors (Lipinski definition) is 3. The minimum Gasteiger partial charge on any atom is -0.476 e. The van der Waals surface area contributed by atoms with Crippen molar-refractivity contribution in [1.82, 2.24) is 0 Å². The number of halogens is 3. The highest BCUT2D eigenvalue weighted by atomic mass is 19.4. The lowest BCUT2D eigenvalue weighted by atomic mass is 10.1. The molecule has 0 aliphatic rings. The number of benzene rings is 1. The molecule has 1 heterocycles. The first-order chi connectivity index (χ1) is 9.30. The number of hydrogen-bond donors (Lipinski definition) is 1. The van der Waals surface area contributed by atoms with E-state index in [-0.39, 0.29) is 12.3 Å². The lowest BCUT2D eigenvalue weighted by Gasteiger charge is -1.99. The number of oxazole rings is 1. The number of aromatic hydroxyl groups is 1. The molecule has 0 amide bonds. The summed E-state index contributed by atoms with van der Waals surface area (Å²) in [7, 11) is 1.24. The van der Waals surface area contributed by atoms with Gasteiger partial charge in [0.05, 0.1) is 6.42 Å². The molecule has 0 aliphatic carbocycles. The molecular weight excluding hydrogens is 275 g/mol. The van der Waals surface area contributed by atoms with Gasteiger partial charge in [0, 0.05) is 0 Å². The SMILES string of the molecule is C[n+]1c(Cc2ccccc2)oc(O)c1C(=O)C(F)(F)F. The summed E-state index contributed by atoms with van der Waals surface area (Å²) < 4.78 is 43.0. The Morgan fingerprint density at radius 3 is 2.45 bits per heavy atom. The van der Waals surface area contributed by atoms with Crippen LogP contribution in [0.5, 0.6) is 5.95 Å². The van der Waals surface area contributed by atoms with Gasteiger partial charge in [-0.25, -0.2) is 0 Å². The Morgan fingerprint density at radius 2 is 1.90 bits per heavy atom. The van der Waals surface area contributed by atoms with Crippen molar-refractivity contribution in [3.8, 4) is 5.95 Å². The minimum absolute atomic E-state index is 0.0568. The Labute approximate surface area is 112 Å². The molecule has 2 rings (SSSR count). The molecule has 20 heavy (non-hydrogen) atoms. The number of aromatic nitrogens is 1. The zero-order chi connectivity index (χ0) is 14.9. The van der Waals surface area contributed by atoms with Gasteiger partial charge in [-0.2, -0.15) is 17.7 Å². The first-order valence-corrected chi connectivity index (χ1v) is 5.67. The fourth-order valence-corrected chi connectivity index (χ4v) is 1.81. The number of carbonyl (C=O) groups excluding carboxylic acids is 1. The first kappa shape index (κ1) is 14.1. The first-order valence-electron chi connectivity index (χ1n) is 5.67. The molecular formula is C13H11F3NO3+. The Bertz CT molecular complexity index is 632. The van der Waals surface area contributed by atoms with Crippen LogP contribution in [0.4, 0.5) is 13.2 Å². The summed E-state index contributed by atoms with van der Waals surface area (Å²) in [5.41, 5.74) is -0.119. The highest BCUT2D eigenvalue weighted by Gasteiger charge is 2.48. The molecule has 1 aromatic heterocycles. The monoisotopic (exact) mass is 286 g/mol. The molecule has 7 heteroatoms. The van der Waals surface area contributed by atoms with E-state index in [1.54, 1.807) is 30.3 Å². The van der Waals surface area contributed by atoms with Crippen LogP contribution in [0.3, 0.4) is 0 Å². The average molecular weight is 286 g/mol. The molecule has 0 unspecified atom stereocenters. The van der Waals surface area contributed by atoms with Gasteiger partial charge in [0.15, 0.2) is 0 Å². The van der Waals surface area contributed by atoms with E-state index < -0.39 is 23.6 Å². The van der Waals surface area contributed by atoms with Crippen LogP contribution in [-0.4, -0.2) is 17.1 Å². The van der Waals surface area contributed by atoms with E-state index in [9.17, 15) is 23.1 Å². The van der Waals surface area contributed by atoms with Crippen molar-refractivity contribution in [3.05, 3.63) is 47.5 Å². The number of nitrogens with zero attached hydrogens (tertiary/aromatic N) is 1. The number of rotatable bonds is 3. The molecule has 2 aromatic rings. The third kappa shape index (κ3) is 2.66. The molecule has 1 N–H and O–H groups in total. The smallest absolute Gasteiger partial charge is 0.461 e. The van der Waals surface area contributed by atoms with Crippen LogP contribution in [0, 0.1) is 0 Å². The summed E-state index contributed by atoms with van der Waals surface area (Å²) in [6.45, 7) is 0. The largest absolute Gasteiger partial charge is 0.476 e. The Morgan fingerprint density at radius 1 is 1.30 bits per heavy atom. The molecule has 0 radical (unpaired) electrons. The molecule has 0 atom stereocenters. The van der Waals surface area contributed by atoms with Gasteiger partial charge in [-0.15, -0.1) is 0 Å². The van der Waals surface area contributed by atoms with Gasteiger partial charge in [-0.1, -0.05) is 30.3 Å². The van der Waals surface area contributed by atoms with E-state index in [0.29, 0.717) is 0 Å². The highest BCUT2D eigenvalue weighted by molar-refractivity contribution is 5.98. The van der Waals surface area contributed by atoms with E-state index >= 15 is 0 Å². The topological polar surface area (TPSA) is 54.3 Å². The van der Waals surface area contributed by atoms with E-state index in [2.05, 4.69) is 0 Å². The zero-order valence-electron chi connectivity index (χ0n) is 10.4. The number of carbonyl (C=O) groups is 1. The van der Waals surface area contributed by atoms with Crippen LogP contribution in [0.25, 0.3) is 0 Å². The van der Waals surface area contributed by atoms with Gasteiger partial charge in [0.2, 0.25) is 0 Å². The summed E-state index contributed by atoms with van der Waals surface area (Å²) in [6.07, 6.45) is -4.90. The summed E-state index contributed by atoms with van der Waals surface area (Å²) in [5, 5.41) is 9.42. The van der Waals surface area contributed by atoms with Crippen LogP contribution in [-0.2, 0) is 13.5 Å². The van der Waals surface area contributed by atoms with Gasteiger partial charge in [-0.3, -0.25) is 4.79 Å². The molecule has 1 aromatic carbocycles. The van der Waals surface area contributed by atoms with E-state index in [0.717, 1.165) is 10.1 Å². The summed E-state index contributed by atoms with van der Waals surface area (Å²) >= 11 is 0. The molecule has 0 bridgehead atoms. The van der Waals surface area contributed by atoms with Gasteiger partial charge in [0.25, 0.3) is 0 Å². The molecule has 0 spiro atoms. The quantitative estimate of drug-likeness (QED) is 0.695. The Hall–Kier alpha value is -2.31. The van der Waals surface area contributed by atoms with Gasteiger partial charge in [-0.05, 0) is 5.56 Å². The third-order valence-electron chi connectivity index (χ3n) is 2.80. The average Bonchev–Trinajstić information content (AvgIpc) is 2.64. The fourth-order valence-electron chi connectivity index (χ4n) is 1.81. The van der Waals surface area contributed by atoms with Crippen molar-refractivity contribution >= 4 is 5.78 Å².